The van der Waals surface area contributed by atoms with Crippen LogP contribution in [0.2, 0.25) is 0 Å². The predicted octanol–water partition coefficient (Wildman–Crippen LogP) is 4.30. The zero-order chi connectivity index (χ0) is 13.3. The van der Waals surface area contributed by atoms with Gasteiger partial charge >= 0.3 is 0 Å². The SMILES string of the molecule is CC1CC(C)(C)CC1N[C@@H](C)c1ccc(F)cc1. The zero-order valence-electron chi connectivity index (χ0n) is 11.8. The van der Waals surface area contributed by atoms with Gasteiger partial charge in [0.2, 0.25) is 0 Å². The predicted molar refractivity (Wildman–Crippen MR) is 73.9 cm³/mol. The number of benzene rings is 1. The Kier molecular flexibility index (Phi) is 3.76. The Morgan fingerprint density at radius 1 is 1.22 bits per heavy atom. The molecule has 1 saturated carbocycles. The molecule has 1 aliphatic rings. The molecule has 0 bridgehead atoms. The molecule has 2 rings (SSSR count). The van der Waals surface area contributed by atoms with E-state index in [9.17, 15) is 4.39 Å². The van der Waals surface area contributed by atoms with Gasteiger partial charge < -0.3 is 5.32 Å². The third-order valence-electron chi connectivity index (χ3n) is 4.17. The van der Waals surface area contributed by atoms with E-state index in [0.29, 0.717) is 17.4 Å². The first-order valence-electron chi connectivity index (χ1n) is 6.89. The summed E-state index contributed by atoms with van der Waals surface area (Å²) in [5.74, 6) is 0.546. The van der Waals surface area contributed by atoms with E-state index in [2.05, 4.69) is 33.0 Å². The van der Waals surface area contributed by atoms with Crippen LogP contribution in [0.5, 0.6) is 0 Å². The van der Waals surface area contributed by atoms with Crippen LogP contribution in [0.3, 0.4) is 0 Å². The van der Waals surface area contributed by atoms with Crippen molar-refractivity contribution in [3.63, 3.8) is 0 Å². The summed E-state index contributed by atoms with van der Waals surface area (Å²) in [6, 6.07) is 7.67. The molecule has 0 saturated heterocycles. The fraction of sp³-hybridized carbons (Fsp3) is 0.625. The van der Waals surface area contributed by atoms with E-state index in [1.807, 2.05) is 12.1 Å². The average Bonchev–Trinajstić information content (AvgIpc) is 2.52. The summed E-state index contributed by atoms with van der Waals surface area (Å²) in [7, 11) is 0. The smallest absolute Gasteiger partial charge is 0.123 e. The molecule has 1 aromatic rings. The number of rotatable bonds is 3. The summed E-state index contributed by atoms with van der Waals surface area (Å²) in [6.45, 7) is 9.16. The van der Waals surface area contributed by atoms with Gasteiger partial charge in [-0.3, -0.25) is 0 Å². The van der Waals surface area contributed by atoms with Crippen molar-refractivity contribution in [1.82, 2.24) is 5.32 Å². The molecule has 100 valence electrons. The Labute approximate surface area is 110 Å². The van der Waals surface area contributed by atoms with Gasteiger partial charge in [-0.15, -0.1) is 0 Å². The summed E-state index contributed by atoms with van der Waals surface area (Å²) >= 11 is 0. The molecule has 0 radical (unpaired) electrons. The molecular formula is C16H24FN. The van der Waals surface area contributed by atoms with Gasteiger partial charge in [-0.05, 0) is 48.8 Å². The molecule has 1 fully saturated rings. The quantitative estimate of drug-likeness (QED) is 0.842. The molecule has 0 aliphatic heterocycles. The van der Waals surface area contributed by atoms with Gasteiger partial charge in [-0.1, -0.05) is 32.9 Å². The van der Waals surface area contributed by atoms with Crippen LogP contribution in [-0.4, -0.2) is 6.04 Å². The molecule has 0 heterocycles. The highest BCUT2D eigenvalue weighted by molar-refractivity contribution is 5.19. The molecule has 2 unspecified atom stereocenters. The Bertz CT molecular complexity index is 396. The highest BCUT2D eigenvalue weighted by Crippen LogP contribution is 2.41. The van der Waals surface area contributed by atoms with Gasteiger partial charge in [0.25, 0.3) is 0 Å². The van der Waals surface area contributed by atoms with Crippen LogP contribution in [0, 0.1) is 17.2 Å². The van der Waals surface area contributed by atoms with Crippen LogP contribution in [0.4, 0.5) is 4.39 Å². The Morgan fingerprint density at radius 2 is 1.83 bits per heavy atom. The second kappa shape index (κ2) is 5.00. The van der Waals surface area contributed by atoms with Crippen molar-refractivity contribution in [2.45, 2.75) is 52.6 Å². The maximum absolute atomic E-state index is 12.9. The number of nitrogens with one attached hydrogen (secondary N) is 1. The summed E-state index contributed by atoms with van der Waals surface area (Å²) in [6.07, 6.45) is 2.50. The molecule has 1 N–H and O–H groups in total. The molecule has 0 aromatic heterocycles. The largest absolute Gasteiger partial charge is 0.307 e. The minimum atomic E-state index is -0.165. The number of halogens is 1. The topological polar surface area (TPSA) is 12.0 Å². The molecule has 1 aliphatic carbocycles. The van der Waals surface area contributed by atoms with Gasteiger partial charge in [-0.2, -0.15) is 0 Å². The first-order chi connectivity index (χ1) is 8.37. The standard InChI is InChI=1S/C16H24FN/c1-11-9-16(3,4)10-15(11)18-12(2)13-5-7-14(17)8-6-13/h5-8,11-12,15,18H,9-10H2,1-4H3/t11?,12-,15?/m0/s1. The summed E-state index contributed by atoms with van der Waals surface area (Å²) in [5.41, 5.74) is 1.60. The van der Waals surface area contributed by atoms with Crippen LogP contribution in [0.1, 0.15) is 52.1 Å². The third-order valence-corrected chi connectivity index (χ3v) is 4.17. The molecule has 2 heteroatoms. The lowest BCUT2D eigenvalue weighted by atomic mass is 9.91. The zero-order valence-corrected chi connectivity index (χ0v) is 11.8. The fourth-order valence-corrected chi connectivity index (χ4v) is 3.29. The van der Waals surface area contributed by atoms with Crippen molar-refractivity contribution in [3.8, 4) is 0 Å². The Morgan fingerprint density at radius 3 is 2.33 bits per heavy atom. The second-order valence-corrected chi connectivity index (χ2v) is 6.60. The molecule has 0 spiro atoms. The van der Waals surface area contributed by atoms with Crippen LogP contribution in [-0.2, 0) is 0 Å². The van der Waals surface area contributed by atoms with Gasteiger partial charge in [0.15, 0.2) is 0 Å². The molecule has 1 nitrogen and oxygen atoms in total. The highest BCUT2D eigenvalue weighted by atomic mass is 19.1. The Hall–Kier alpha value is -0.890. The average molecular weight is 249 g/mol. The van der Waals surface area contributed by atoms with Crippen molar-refractivity contribution < 1.29 is 4.39 Å². The van der Waals surface area contributed by atoms with Gasteiger partial charge in [0.1, 0.15) is 5.82 Å². The molecule has 1 aromatic carbocycles. The van der Waals surface area contributed by atoms with Gasteiger partial charge in [0, 0.05) is 12.1 Å². The lowest BCUT2D eigenvalue weighted by Gasteiger charge is -2.23. The normalized spacial score (nSPS) is 28.3. The van der Waals surface area contributed by atoms with Crippen LogP contribution in [0.25, 0.3) is 0 Å². The van der Waals surface area contributed by atoms with E-state index in [1.54, 1.807) is 0 Å². The summed E-state index contributed by atoms with van der Waals surface area (Å²) in [5, 5.41) is 3.70. The van der Waals surface area contributed by atoms with Crippen molar-refractivity contribution >= 4 is 0 Å². The monoisotopic (exact) mass is 249 g/mol. The van der Waals surface area contributed by atoms with E-state index in [1.165, 1.54) is 25.0 Å². The fourth-order valence-electron chi connectivity index (χ4n) is 3.29. The highest BCUT2D eigenvalue weighted by Gasteiger charge is 2.36. The van der Waals surface area contributed by atoms with Crippen LogP contribution >= 0.6 is 0 Å². The third kappa shape index (κ3) is 3.11. The van der Waals surface area contributed by atoms with Crippen molar-refractivity contribution in [3.05, 3.63) is 35.6 Å². The summed E-state index contributed by atoms with van der Waals surface area (Å²) < 4.78 is 12.9. The second-order valence-electron chi connectivity index (χ2n) is 6.60. The van der Waals surface area contributed by atoms with Crippen molar-refractivity contribution in [2.75, 3.05) is 0 Å². The molecule has 0 amide bonds. The summed E-state index contributed by atoms with van der Waals surface area (Å²) in [4.78, 5) is 0. The van der Waals surface area contributed by atoms with E-state index >= 15 is 0 Å². The van der Waals surface area contributed by atoms with E-state index in [4.69, 9.17) is 0 Å². The minimum Gasteiger partial charge on any atom is -0.307 e. The lowest BCUT2D eigenvalue weighted by molar-refractivity contribution is 0.356. The van der Waals surface area contributed by atoms with E-state index < -0.39 is 0 Å². The maximum atomic E-state index is 12.9. The van der Waals surface area contributed by atoms with Crippen LogP contribution < -0.4 is 5.32 Å². The number of hydrogen-bond acceptors (Lipinski definition) is 1. The van der Waals surface area contributed by atoms with Gasteiger partial charge in [0.05, 0.1) is 0 Å². The van der Waals surface area contributed by atoms with Gasteiger partial charge in [-0.25, -0.2) is 4.39 Å². The molecule has 3 atom stereocenters. The number of hydrogen-bond donors (Lipinski definition) is 1. The van der Waals surface area contributed by atoms with Crippen molar-refractivity contribution in [2.24, 2.45) is 11.3 Å². The molecule has 18 heavy (non-hydrogen) atoms. The molecular weight excluding hydrogens is 225 g/mol. The maximum Gasteiger partial charge on any atom is 0.123 e. The van der Waals surface area contributed by atoms with Crippen LogP contribution in [0.15, 0.2) is 24.3 Å². The first kappa shape index (κ1) is 13.5. The lowest BCUT2D eigenvalue weighted by Crippen LogP contribution is -2.33. The van der Waals surface area contributed by atoms with E-state index in [-0.39, 0.29) is 11.9 Å². The minimum absolute atomic E-state index is 0.165. The Balaban J connectivity index is 1.99. The van der Waals surface area contributed by atoms with E-state index in [0.717, 1.165) is 5.56 Å². The van der Waals surface area contributed by atoms with Crippen molar-refractivity contribution in [1.29, 1.82) is 0 Å². The first-order valence-corrected chi connectivity index (χ1v) is 6.89.